The van der Waals surface area contributed by atoms with Crippen molar-refractivity contribution in [2.45, 2.75) is 19.3 Å². The van der Waals surface area contributed by atoms with Crippen LogP contribution in [0.3, 0.4) is 0 Å². The van der Waals surface area contributed by atoms with Gasteiger partial charge in [-0.15, -0.1) is 10.2 Å². The van der Waals surface area contributed by atoms with E-state index in [9.17, 15) is 0 Å². The molecule has 2 aromatic rings. The van der Waals surface area contributed by atoms with Crippen molar-refractivity contribution in [3.63, 3.8) is 0 Å². The monoisotopic (exact) mass is 259 g/mol. The molecule has 5 heteroatoms. The van der Waals surface area contributed by atoms with Crippen LogP contribution in [-0.4, -0.2) is 29.9 Å². The van der Waals surface area contributed by atoms with Crippen LogP contribution in [0.25, 0.3) is 0 Å². The number of hydrogen-bond acceptors (Lipinski definition) is 5. The number of rotatable bonds is 5. The number of nitrogens with one attached hydrogen (secondary N) is 1. The molecule has 0 amide bonds. The average Bonchev–Trinajstić information content (AvgIpc) is 3.05. The Bertz CT molecular complexity index is 553. The summed E-state index contributed by atoms with van der Waals surface area (Å²) < 4.78 is 11.4. The van der Waals surface area contributed by atoms with Gasteiger partial charge in [0.05, 0.1) is 5.92 Å². The molecular weight excluding hydrogens is 242 g/mol. The van der Waals surface area contributed by atoms with Gasteiger partial charge in [-0.1, -0.05) is 25.1 Å². The van der Waals surface area contributed by atoms with Crippen LogP contribution in [0.2, 0.25) is 0 Å². The predicted molar refractivity (Wildman–Crippen MR) is 70.3 cm³/mol. The number of benzene rings is 1. The second kappa shape index (κ2) is 5.40. The Labute approximate surface area is 112 Å². The van der Waals surface area contributed by atoms with Gasteiger partial charge in [0.25, 0.3) is 0 Å². The molecule has 0 saturated heterocycles. The Morgan fingerprint density at radius 2 is 2.21 bits per heavy atom. The summed E-state index contributed by atoms with van der Waals surface area (Å²) in [6, 6.07) is 7.99. The molecule has 100 valence electrons. The van der Waals surface area contributed by atoms with Crippen molar-refractivity contribution in [2.24, 2.45) is 0 Å². The van der Waals surface area contributed by atoms with Crippen molar-refractivity contribution >= 4 is 0 Å². The van der Waals surface area contributed by atoms with Gasteiger partial charge in [-0.05, 0) is 12.6 Å². The Balaban J connectivity index is 1.74. The molecule has 0 fully saturated rings. The zero-order valence-corrected chi connectivity index (χ0v) is 10.9. The van der Waals surface area contributed by atoms with E-state index in [1.807, 2.05) is 18.2 Å². The maximum Gasteiger partial charge on any atom is 0.227 e. The number of aromatic nitrogens is 2. The summed E-state index contributed by atoms with van der Waals surface area (Å²) in [4.78, 5) is 0. The van der Waals surface area contributed by atoms with E-state index in [4.69, 9.17) is 9.15 Å². The van der Waals surface area contributed by atoms with E-state index < -0.39 is 0 Å². The highest BCUT2D eigenvalue weighted by molar-refractivity contribution is 5.42. The zero-order chi connectivity index (χ0) is 13.1. The SMILES string of the molecule is CCNCCc1nnc(C2COc3ccccc32)o1. The minimum atomic E-state index is 0.0663. The maximum atomic E-state index is 5.73. The lowest BCUT2D eigenvalue weighted by molar-refractivity contribution is 0.321. The van der Waals surface area contributed by atoms with Crippen LogP contribution in [0.15, 0.2) is 28.7 Å². The third kappa shape index (κ3) is 2.46. The lowest BCUT2D eigenvalue weighted by Crippen LogP contribution is -2.16. The Morgan fingerprint density at radius 1 is 1.32 bits per heavy atom. The summed E-state index contributed by atoms with van der Waals surface area (Å²) >= 11 is 0. The summed E-state index contributed by atoms with van der Waals surface area (Å²) in [7, 11) is 0. The lowest BCUT2D eigenvalue weighted by atomic mass is 10.0. The van der Waals surface area contributed by atoms with Crippen molar-refractivity contribution in [1.82, 2.24) is 15.5 Å². The topological polar surface area (TPSA) is 60.2 Å². The molecule has 3 rings (SSSR count). The molecule has 0 spiro atoms. The van der Waals surface area contributed by atoms with Crippen LogP contribution in [0, 0.1) is 0 Å². The molecule has 1 aromatic heterocycles. The normalized spacial score (nSPS) is 17.2. The highest BCUT2D eigenvalue weighted by atomic mass is 16.5. The molecule has 0 aliphatic carbocycles. The van der Waals surface area contributed by atoms with Gasteiger partial charge in [-0.2, -0.15) is 0 Å². The van der Waals surface area contributed by atoms with E-state index in [0.717, 1.165) is 30.8 Å². The highest BCUT2D eigenvalue weighted by Crippen LogP contribution is 2.37. The number of para-hydroxylation sites is 1. The second-order valence-electron chi connectivity index (χ2n) is 4.54. The van der Waals surface area contributed by atoms with Crippen LogP contribution in [0.1, 0.15) is 30.2 Å². The number of ether oxygens (including phenoxy) is 1. The van der Waals surface area contributed by atoms with Gasteiger partial charge in [0, 0.05) is 18.5 Å². The fourth-order valence-electron chi connectivity index (χ4n) is 2.25. The molecule has 1 aliphatic rings. The zero-order valence-electron chi connectivity index (χ0n) is 10.9. The molecule has 2 heterocycles. The van der Waals surface area contributed by atoms with Crippen LogP contribution < -0.4 is 10.1 Å². The Morgan fingerprint density at radius 3 is 3.11 bits per heavy atom. The third-order valence-corrected chi connectivity index (χ3v) is 3.25. The molecule has 1 unspecified atom stereocenters. The van der Waals surface area contributed by atoms with Crippen molar-refractivity contribution in [2.75, 3.05) is 19.7 Å². The average molecular weight is 259 g/mol. The third-order valence-electron chi connectivity index (χ3n) is 3.25. The molecule has 1 aromatic carbocycles. The van der Waals surface area contributed by atoms with Crippen LogP contribution in [0.4, 0.5) is 0 Å². The second-order valence-corrected chi connectivity index (χ2v) is 4.54. The van der Waals surface area contributed by atoms with Crippen molar-refractivity contribution in [3.8, 4) is 5.75 Å². The van der Waals surface area contributed by atoms with Crippen LogP contribution in [0.5, 0.6) is 5.75 Å². The summed E-state index contributed by atoms with van der Waals surface area (Å²) in [5.74, 6) is 2.31. The van der Waals surface area contributed by atoms with Gasteiger partial charge < -0.3 is 14.5 Å². The number of nitrogens with zero attached hydrogens (tertiary/aromatic N) is 2. The lowest BCUT2D eigenvalue weighted by Gasteiger charge is -2.02. The van der Waals surface area contributed by atoms with E-state index >= 15 is 0 Å². The quantitative estimate of drug-likeness (QED) is 0.829. The first kappa shape index (κ1) is 12.2. The molecule has 19 heavy (non-hydrogen) atoms. The van der Waals surface area contributed by atoms with E-state index in [0.29, 0.717) is 18.4 Å². The molecule has 1 atom stereocenters. The summed E-state index contributed by atoms with van der Waals surface area (Å²) in [6.45, 7) is 4.46. The molecule has 1 N–H and O–H groups in total. The largest absolute Gasteiger partial charge is 0.492 e. The first-order valence-corrected chi connectivity index (χ1v) is 6.63. The van der Waals surface area contributed by atoms with Crippen LogP contribution in [-0.2, 0) is 6.42 Å². The van der Waals surface area contributed by atoms with Crippen LogP contribution >= 0.6 is 0 Å². The predicted octanol–water partition coefficient (Wildman–Crippen LogP) is 1.75. The molecule has 0 radical (unpaired) electrons. The fourth-order valence-corrected chi connectivity index (χ4v) is 2.25. The van der Waals surface area contributed by atoms with Gasteiger partial charge in [0.1, 0.15) is 12.4 Å². The van der Waals surface area contributed by atoms with Crippen molar-refractivity contribution < 1.29 is 9.15 Å². The summed E-state index contributed by atoms with van der Waals surface area (Å²) in [6.07, 6.45) is 0.760. The smallest absolute Gasteiger partial charge is 0.227 e. The molecule has 1 aliphatic heterocycles. The van der Waals surface area contributed by atoms with Gasteiger partial charge in [-0.25, -0.2) is 0 Å². The number of fused-ring (bicyclic) bond motifs is 1. The fraction of sp³-hybridized carbons (Fsp3) is 0.429. The Kier molecular flexibility index (Phi) is 3.46. The number of hydrogen-bond donors (Lipinski definition) is 1. The molecular formula is C14H17N3O2. The minimum Gasteiger partial charge on any atom is -0.492 e. The molecule has 0 bridgehead atoms. The summed E-state index contributed by atoms with van der Waals surface area (Å²) in [5, 5.41) is 11.5. The van der Waals surface area contributed by atoms with Gasteiger partial charge in [0.2, 0.25) is 11.8 Å². The van der Waals surface area contributed by atoms with E-state index in [2.05, 4.69) is 28.5 Å². The number of likely N-dealkylation sites (N-methyl/N-ethyl adjacent to an activating group) is 1. The first-order chi connectivity index (χ1) is 9.38. The Hall–Kier alpha value is -1.88. The first-order valence-electron chi connectivity index (χ1n) is 6.63. The molecule has 0 saturated carbocycles. The van der Waals surface area contributed by atoms with E-state index in [-0.39, 0.29) is 5.92 Å². The maximum absolute atomic E-state index is 5.73. The van der Waals surface area contributed by atoms with Crippen molar-refractivity contribution in [1.29, 1.82) is 0 Å². The highest BCUT2D eigenvalue weighted by Gasteiger charge is 2.29. The minimum absolute atomic E-state index is 0.0663. The molecule has 5 nitrogen and oxygen atoms in total. The van der Waals surface area contributed by atoms with Gasteiger partial charge in [0.15, 0.2) is 0 Å². The van der Waals surface area contributed by atoms with Gasteiger partial charge >= 0.3 is 0 Å². The van der Waals surface area contributed by atoms with E-state index in [1.165, 1.54) is 0 Å². The van der Waals surface area contributed by atoms with E-state index in [1.54, 1.807) is 0 Å². The standard InChI is InChI=1S/C14H17N3O2/c1-2-15-8-7-13-16-17-14(19-13)11-9-18-12-6-4-3-5-10(11)12/h3-6,11,15H,2,7-9H2,1H3. The van der Waals surface area contributed by atoms with Crippen molar-refractivity contribution in [3.05, 3.63) is 41.6 Å². The summed E-state index contributed by atoms with van der Waals surface area (Å²) in [5.41, 5.74) is 1.13. The van der Waals surface area contributed by atoms with Gasteiger partial charge in [-0.3, -0.25) is 0 Å².